The number of hydrogen-bond acceptors (Lipinski definition) is 3. The largest absolute Gasteiger partial charge is 0.344 e. The summed E-state index contributed by atoms with van der Waals surface area (Å²) < 4.78 is 1.98. The molecule has 1 saturated heterocycles. The summed E-state index contributed by atoms with van der Waals surface area (Å²) in [6.45, 7) is 2.76. The van der Waals surface area contributed by atoms with Gasteiger partial charge < -0.3 is 4.90 Å². The van der Waals surface area contributed by atoms with E-state index in [0.717, 1.165) is 35.5 Å². The molecule has 1 unspecified atom stereocenters. The molecule has 0 N–H and O–H groups in total. The number of carbonyl (C=O) groups is 1. The summed E-state index contributed by atoms with van der Waals surface area (Å²) in [5, 5.41) is 0. The van der Waals surface area contributed by atoms with Gasteiger partial charge in [-0.2, -0.15) is 0 Å². The Kier molecular flexibility index (Phi) is 3.38. The Morgan fingerprint density at radius 3 is 2.95 bits per heavy atom. The van der Waals surface area contributed by atoms with Crippen LogP contribution in [0, 0.1) is 6.92 Å². The van der Waals surface area contributed by atoms with E-state index in [1.165, 1.54) is 0 Å². The van der Waals surface area contributed by atoms with Gasteiger partial charge in [-0.25, -0.2) is 9.97 Å². The van der Waals surface area contributed by atoms with Gasteiger partial charge in [0, 0.05) is 32.1 Å². The molecule has 0 saturated carbocycles. The highest BCUT2D eigenvalue weighted by Crippen LogP contribution is 2.28. The molecule has 2 aromatic rings. The van der Waals surface area contributed by atoms with E-state index in [9.17, 15) is 4.79 Å². The average Bonchev–Trinajstić information content (AvgIpc) is 2.91. The molecule has 1 fully saturated rings. The van der Waals surface area contributed by atoms with Crippen LogP contribution >= 0.6 is 11.6 Å². The fraction of sp³-hybridized carbons (Fsp3) is 0.500. The van der Waals surface area contributed by atoms with Gasteiger partial charge in [0.2, 0.25) is 5.91 Å². The maximum atomic E-state index is 12.3. The number of nitrogens with zero attached hydrogens (tertiary/aromatic N) is 4. The van der Waals surface area contributed by atoms with E-state index in [-0.39, 0.29) is 11.9 Å². The van der Waals surface area contributed by atoms with Crippen LogP contribution in [-0.4, -0.2) is 44.8 Å². The molecular formula is C14H17ClN4O. The van der Waals surface area contributed by atoms with Crippen molar-refractivity contribution in [1.29, 1.82) is 0 Å². The summed E-state index contributed by atoms with van der Waals surface area (Å²) in [5.41, 5.74) is 2.69. The third-order valence-corrected chi connectivity index (χ3v) is 3.96. The monoisotopic (exact) mass is 292 g/mol. The van der Waals surface area contributed by atoms with Gasteiger partial charge in [0.25, 0.3) is 0 Å². The lowest BCUT2D eigenvalue weighted by Gasteiger charge is -2.15. The predicted octanol–water partition coefficient (Wildman–Crippen LogP) is 1.92. The van der Waals surface area contributed by atoms with Crippen LogP contribution in [0.3, 0.4) is 0 Å². The van der Waals surface area contributed by atoms with Crippen molar-refractivity contribution in [3.8, 4) is 0 Å². The minimum absolute atomic E-state index is 0.127. The molecule has 0 spiro atoms. The van der Waals surface area contributed by atoms with Gasteiger partial charge in [-0.15, -0.1) is 11.6 Å². The molecule has 6 heteroatoms. The van der Waals surface area contributed by atoms with Crippen molar-refractivity contribution < 1.29 is 4.79 Å². The van der Waals surface area contributed by atoms with Crippen LogP contribution in [0.4, 0.5) is 0 Å². The molecule has 106 valence electrons. The van der Waals surface area contributed by atoms with Crippen molar-refractivity contribution in [2.24, 2.45) is 0 Å². The summed E-state index contributed by atoms with van der Waals surface area (Å²) in [4.78, 5) is 23.1. The van der Waals surface area contributed by atoms with E-state index in [1.54, 1.807) is 4.90 Å². The van der Waals surface area contributed by atoms with Crippen molar-refractivity contribution in [3.05, 3.63) is 23.7 Å². The number of fused-ring (bicyclic) bond motifs is 1. The Hall–Kier alpha value is -1.62. The van der Waals surface area contributed by atoms with Crippen LogP contribution < -0.4 is 0 Å². The molecule has 3 rings (SSSR count). The topological polar surface area (TPSA) is 51.0 Å². The number of alkyl halides is 1. The lowest BCUT2D eigenvalue weighted by Crippen LogP contribution is -2.25. The number of amides is 1. The maximum absolute atomic E-state index is 12.3. The first-order chi connectivity index (χ1) is 9.61. The number of aromatic nitrogens is 3. The van der Waals surface area contributed by atoms with Crippen LogP contribution in [0.1, 0.15) is 23.9 Å². The molecule has 20 heavy (non-hydrogen) atoms. The number of halogens is 1. The zero-order valence-corrected chi connectivity index (χ0v) is 12.4. The van der Waals surface area contributed by atoms with Gasteiger partial charge >= 0.3 is 0 Å². The lowest BCUT2D eigenvalue weighted by atomic mass is 10.2. The average molecular weight is 293 g/mol. The number of likely N-dealkylation sites (N-methyl/N-ethyl adjacent to an activating group) is 1. The van der Waals surface area contributed by atoms with Crippen molar-refractivity contribution in [3.63, 3.8) is 0 Å². The zero-order chi connectivity index (χ0) is 14.3. The number of likely N-dealkylation sites (tertiary alicyclic amines) is 1. The Morgan fingerprint density at radius 1 is 1.50 bits per heavy atom. The van der Waals surface area contributed by atoms with Crippen LogP contribution in [0.5, 0.6) is 0 Å². The third-order valence-electron chi connectivity index (χ3n) is 3.77. The van der Waals surface area contributed by atoms with E-state index in [4.69, 9.17) is 11.6 Å². The van der Waals surface area contributed by atoms with E-state index >= 15 is 0 Å². The third kappa shape index (κ3) is 2.06. The van der Waals surface area contributed by atoms with Crippen molar-refractivity contribution in [1.82, 2.24) is 19.4 Å². The summed E-state index contributed by atoms with van der Waals surface area (Å²) >= 11 is 5.87. The Balaban J connectivity index is 2.16. The second-order valence-corrected chi connectivity index (χ2v) is 5.63. The first-order valence-corrected chi connectivity index (χ1v) is 7.29. The maximum Gasteiger partial charge on any atom is 0.245 e. The molecular weight excluding hydrogens is 276 g/mol. The molecule has 1 aliphatic heterocycles. The molecule has 0 aromatic carbocycles. The quantitative estimate of drug-likeness (QED) is 0.812. The summed E-state index contributed by atoms with van der Waals surface area (Å²) in [6, 6.07) is 1.80. The SMILES string of the molecule is Cc1cnc2c(c1)nc(CCCl)n2C1CCN(C)C1=O. The van der Waals surface area contributed by atoms with Crippen LogP contribution in [-0.2, 0) is 11.2 Å². The number of imidazole rings is 1. The highest BCUT2D eigenvalue weighted by atomic mass is 35.5. The van der Waals surface area contributed by atoms with Gasteiger partial charge in [0.1, 0.15) is 17.4 Å². The predicted molar refractivity (Wildman–Crippen MR) is 78.0 cm³/mol. The summed E-state index contributed by atoms with van der Waals surface area (Å²) in [6.07, 6.45) is 3.25. The second kappa shape index (κ2) is 5.05. The molecule has 1 aliphatic rings. The summed E-state index contributed by atoms with van der Waals surface area (Å²) in [7, 11) is 1.83. The molecule has 1 atom stereocenters. The number of carbonyl (C=O) groups excluding carboxylic acids is 1. The fourth-order valence-corrected chi connectivity index (χ4v) is 2.93. The molecule has 2 aromatic heterocycles. The van der Waals surface area contributed by atoms with Crippen molar-refractivity contribution in [2.75, 3.05) is 19.5 Å². The van der Waals surface area contributed by atoms with Gasteiger partial charge in [-0.05, 0) is 25.0 Å². The number of aryl methyl sites for hydroxylation is 2. The molecule has 1 amide bonds. The van der Waals surface area contributed by atoms with Gasteiger partial charge in [0.15, 0.2) is 5.65 Å². The number of pyridine rings is 1. The Bertz CT molecular complexity index is 666. The van der Waals surface area contributed by atoms with Crippen LogP contribution in [0.25, 0.3) is 11.2 Å². The van der Waals surface area contributed by atoms with Crippen molar-refractivity contribution >= 4 is 28.7 Å². The molecule has 0 radical (unpaired) electrons. The molecule has 0 aliphatic carbocycles. The number of hydrogen-bond donors (Lipinski definition) is 0. The summed E-state index contributed by atoms with van der Waals surface area (Å²) in [5.74, 6) is 1.46. The molecule has 3 heterocycles. The lowest BCUT2D eigenvalue weighted by molar-refractivity contribution is -0.129. The first kappa shape index (κ1) is 13.4. The van der Waals surface area contributed by atoms with E-state index < -0.39 is 0 Å². The fourth-order valence-electron chi connectivity index (χ4n) is 2.76. The normalized spacial score (nSPS) is 19.2. The van der Waals surface area contributed by atoms with E-state index in [0.29, 0.717) is 12.3 Å². The Labute approximate surface area is 122 Å². The van der Waals surface area contributed by atoms with E-state index in [2.05, 4.69) is 9.97 Å². The molecule has 5 nitrogen and oxygen atoms in total. The van der Waals surface area contributed by atoms with Gasteiger partial charge in [0.05, 0.1) is 0 Å². The standard InChI is InChI=1S/C14H17ClN4O/c1-9-7-10-13(16-8-9)19(12(17-10)3-5-15)11-4-6-18(2)14(11)20/h7-8,11H,3-6H2,1-2H3. The minimum atomic E-state index is -0.196. The van der Waals surface area contributed by atoms with Gasteiger partial charge in [-0.1, -0.05) is 0 Å². The van der Waals surface area contributed by atoms with E-state index in [1.807, 2.05) is 30.8 Å². The van der Waals surface area contributed by atoms with Crippen molar-refractivity contribution in [2.45, 2.75) is 25.8 Å². The Morgan fingerprint density at radius 2 is 2.30 bits per heavy atom. The second-order valence-electron chi connectivity index (χ2n) is 5.26. The van der Waals surface area contributed by atoms with Crippen LogP contribution in [0.2, 0.25) is 0 Å². The zero-order valence-electron chi connectivity index (χ0n) is 11.6. The highest BCUT2D eigenvalue weighted by molar-refractivity contribution is 6.17. The van der Waals surface area contributed by atoms with Crippen LogP contribution in [0.15, 0.2) is 12.3 Å². The molecule has 0 bridgehead atoms. The first-order valence-electron chi connectivity index (χ1n) is 6.76. The smallest absolute Gasteiger partial charge is 0.245 e. The highest BCUT2D eigenvalue weighted by Gasteiger charge is 2.33. The number of rotatable bonds is 3. The minimum Gasteiger partial charge on any atom is -0.344 e. The van der Waals surface area contributed by atoms with Gasteiger partial charge in [-0.3, -0.25) is 9.36 Å².